The summed E-state index contributed by atoms with van der Waals surface area (Å²) < 4.78 is 1.09. The predicted molar refractivity (Wildman–Crippen MR) is 66.0 cm³/mol. The number of aryl methyl sites for hydroxylation is 1. The van der Waals surface area contributed by atoms with E-state index in [2.05, 4.69) is 54.9 Å². The monoisotopic (exact) mass is 269 g/mol. The Labute approximate surface area is 99.3 Å². The number of halogens is 1. The fourth-order valence-corrected chi connectivity index (χ4v) is 2.09. The van der Waals surface area contributed by atoms with Crippen molar-refractivity contribution < 1.29 is 4.84 Å². The molecular weight excluding hydrogens is 254 g/mol. The van der Waals surface area contributed by atoms with Gasteiger partial charge in [-0.25, -0.2) is 0 Å². The number of hydrogen-bond donors (Lipinski definition) is 0. The average Bonchev–Trinajstić information content (AvgIpc) is 2.50. The van der Waals surface area contributed by atoms with E-state index in [0.717, 1.165) is 23.3 Å². The van der Waals surface area contributed by atoms with Crippen LogP contribution in [0.3, 0.4) is 0 Å². The molecule has 1 aromatic carbocycles. The van der Waals surface area contributed by atoms with E-state index in [1.165, 1.54) is 5.56 Å². The Hall–Kier alpha value is -0.540. The van der Waals surface area contributed by atoms with Crippen LogP contribution in [-0.2, 0) is 4.84 Å². The topological polar surface area (TPSA) is 12.5 Å². The van der Waals surface area contributed by atoms with Gasteiger partial charge in [-0.05, 0) is 24.6 Å². The van der Waals surface area contributed by atoms with Crippen LogP contribution in [0, 0.1) is 12.3 Å². The zero-order valence-corrected chi connectivity index (χ0v) is 11.0. The first-order chi connectivity index (χ1) is 6.98. The zero-order valence-electron chi connectivity index (χ0n) is 9.38. The minimum absolute atomic E-state index is 0.245. The van der Waals surface area contributed by atoms with Crippen LogP contribution in [0.15, 0.2) is 22.7 Å². The first-order valence-corrected chi connectivity index (χ1v) is 5.94. The molecule has 0 saturated carbocycles. The highest BCUT2D eigenvalue weighted by Gasteiger charge is 2.31. The first-order valence-electron chi connectivity index (χ1n) is 5.15. The van der Waals surface area contributed by atoms with Gasteiger partial charge in [0.1, 0.15) is 0 Å². The minimum atomic E-state index is 0.245. The van der Waals surface area contributed by atoms with Crippen molar-refractivity contribution in [2.24, 2.45) is 5.41 Å². The molecule has 0 bridgehead atoms. The number of anilines is 1. The Morgan fingerprint density at radius 3 is 2.73 bits per heavy atom. The molecule has 1 heterocycles. The molecule has 82 valence electrons. The van der Waals surface area contributed by atoms with Crippen LogP contribution in [0.1, 0.15) is 19.4 Å². The van der Waals surface area contributed by atoms with E-state index in [0.29, 0.717) is 0 Å². The first kappa shape index (κ1) is 11.0. The molecule has 1 fully saturated rings. The minimum Gasteiger partial charge on any atom is -0.273 e. The van der Waals surface area contributed by atoms with Crippen LogP contribution in [0.5, 0.6) is 0 Å². The summed E-state index contributed by atoms with van der Waals surface area (Å²) in [6.07, 6.45) is 0. The average molecular weight is 270 g/mol. The predicted octanol–water partition coefficient (Wildman–Crippen LogP) is 3.54. The smallest absolute Gasteiger partial charge is 0.0817 e. The molecule has 1 aliphatic rings. The van der Waals surface area contributed by atoms with Crippen LogP contribution in [-0.4, -0.2) is 13.2 Å². The molecule has 0 amide bonds. The summed E-state index contributed by atoms with van der Waals surface area (Å²) in [6.45, 7) is 8.29. The summed E-state index contributed by atoms with van der Waals surface area (Å²) in [5.41, 5.74) is 2.65. The number of nitrogens with zero attached hydrogens (tertiary/aromatic N) is 1. The third-order valence-electron chi connectivity index (χ3n) is 2.62. The summed E-state index contributed by atoms with van der Waals surface area (Å²) in [6, 6.07) is 6.27. The maximum absolute atomic E-state index is 5.70. The van der Waals surface area contributed by atoms with Gasteiger partial charge in [0, 0.05) is 9.89 Å². The van der Waals surface area contributed by atoms with Crippen LogP contribution < -0.4 is 5.06 Å². The summed E-state index contributed by atoms with van der Waals surface area (Å²) in [7, 11) is 0. The number of hydroxylamine groups is 1. The summed E-state index contributed by atoms with van der Waals surface area (Å²) in [4.78, 5) is 5.70. The van der Waals surface area contributed by atoms with E-state index < -0.39 is 0 Å². The van der Waals surface area contributed by atoms with E-state index >= 15 is 0 Å². The molecule has 2 nitrogen and oxygen atoms in total. The SMILES string of the molecule is Cc1ccc(Br)cc1N1CC(C)(C)CO1. The highest BCUT2D eigenvalue weighted by atomic mass is 79.9. The van der Waals surface area contributed by atoms with Gasteiger partial charge in [-0.3, -0.25) is 9.90 Å². The molecule has 0 radical (unpaired) electrons. The third-order valence-corrected chi connectivity index (χ3v) is 3.12. The molecule has 0 aliphatic carbocycles. The van der Waals surface area contributed by atoms with Crippen molar-refractivity contribution >= 4 is 21.6 Å². The standard InChI is InChI=1S/C12H16BrNO/c1-9-4-5-10(13)6-11(9)14-7-12(2,3)8-15-14/h4-6H,7-8H2,1-3H3. The lowest BCUT2D eigenvalue weighted by molar-refractivity contribution is 0.143. The van der Waals surface area contributed by atoms with Gasteiger partial charge in [-0.15, -0.1) is 0 Å². The maximum atomic E-state index is 5.70. The van der Waals surface area contributed by atoms with E-state index in [1.807, 2.05) is 5.06 Å². The molecule has 3 heteroatoms. The van der Waals surface area contributed by atoms with Crippen molar-refractivity contribution in [2.45, 2.75) is 20.8 Å². The zero-order chi connectivity index (χ0) is 11.1. The second-order valence-corrected chi connectivity index (χ2v) is 5.82. The second-order valence-electron chi connectivity index (χ2n) is 4.91. The molecule has 0 aromatic heterocycles. The van der Waals surface area contributed by atoms with Crippen molar-refractivity contribution in [2.75, 3.05) is 18.2 Å². The van der Waals surface area contributed by atoms with Crippen LogP contribution in [0.2, 0.25) is 0 Å². The van der Waals surface area contributed by atoms with Gasteiger partial charge in [0.15, 0.2) is 0 Å². The highest BCUT2D eigenvalue weighted by Crippen LogP contribution is 2.32. The molecule has 0 unspecified atom stereocenters. The van der Waals surface area contributed by atoms with Crippen molar-refractivity contribution in [3.05, 3.63) is 28.2 Å². The second kappa shape index (κ2) is 3.80. The lowest BCUT2D eigenvalue weighted by Crippen LogP contribution is -2.22. The molecule has 1 aromatic rings. The molecule has 0 atom stereocenters. The maximum Gasteiger partial charge on any atom is 0.0817 e. The van der Waals surface area contributed by atoms with E-state index in [9.17, 15) is 0 Å². The Kier molecular flexibility index (Phi) is 2.77. The third kappa shape index (κ3) is 2.34. The van der Waals surface area contributed by atoms with Gasteiger partial charge >= 0.3 is 0 Å². The number of rotatable bonds is 1. The lowest BCUT2D eigenvalue weighted by atomic mass is 9.96. The highest BCUT2D eigenvalue weighted by molar-refractivity contribution is 9.10. The molecule has 1 aliphatic heterocycles. The lowest BCUT2D eigenvalue weighted by Gasteiger charge is -2.20. The Morgan fingerprint density at radius 2 is 2.13 bits per heavy atom. The van der Waals surface area contributed by atoms with Gasteiger partial charge in [-0.1, -0.05) is 35.8 Å². The molecular formula is C12H16BrNO. The van der Waals surface area contributed by atoms with Crippen molar-refractivity contribution in [3.63, 3.8) is 0 Å². The quantitative estimate of drug-likeness (QED) is 0.774. The molecule has 0 N–H and O–H groups in total. The van der Waals surface area contributed by atoms with Gasteiger partial charge in [0.25, 0.3) is 0 Å². The van der Waals surface area contributed by atoms with E-state index in [1.54, 1.807) is 0 Å². The van der Waals surface area contributed by atoms with Crippen molar-refractivity contribution in [1.82, 2.24) is 0 Å². The Bertz CT molecular complexity index is 376. The van der Waals surface area contributed by atoms with Gasteiger partial charge in [-0.2, -0.15) is 0 Å². The fraction of sp³-hybridized carbons (Fsp3) is 0.500. The van der Waals surface area contributed by atoms with Crippen molar-refractivity contribution in [3.8, 4) is 0 Å². The molecule has 1 saturated heterocycles. The summed E-state index contributed by atoms with van der Waals surface area (Å²) in [5, 5.41) is 2.00. The Morgan fingerprint density at radius 1 is 1.40 bits per heavy atom. The van der Waals surface area contributed by atoms with Gasteiger partial charge in [0.2, 0.25) is 0 Å². The summed E-state index contributed by atoms with van der Waals surface area (Å²) >= 11 is 3.49. The molecule has 2 rings (SSSR count). The van der Waals surface area contributed by atoms with Gasteiger partial charge in [0.05, 0.1) is 18.8 Å². The van der Waals surface area contributed by atoms with Gasteiger partial charge < -0.3 is 0 Å². The van der Waals surface area contributed by atoms with E-state index in [4.69, 9.17) is 4.84 Å². The summed E-state index contributed by atoms with van der Waals surface area (Å²) in [5.74, 6) is 0. The van der Waals surface area contributed by atoms with Crippen molar-refractivity contribution in [1.29, 1.82) is 0 Å². The van der Waals surface area contributed by atoms with Crippen LogP contribution in [0.4, 0.5) is 5.69 Å². The number of hydrogen-bond acceptors (Lipinski definition) is 2. The van der Waals surface area contributed by atoms with Crippen LogP contribution in [0.25, 0.3) is 0 Å². The molecule has 0 spiro atoms. The molecule has 15 heavy (non-hydrogen) atoms. The Balaban J connectivity index is 2.27. The normalized spacial score (nSPS) is 19.6. The number of benzene rings is 1. The fourth-order valence-electron chi connectivity index (χ4n) is 1.74. The van der Waals surface area contributed by atoms with E-state index in [-0.39, 0.29) is 5.41 Å². The van der Waals surface area contributed by atoms with Crippen LogP contribution >= 0.6 is 15.9 Å². The largest absolute Gasteiger partial charge is 0.273 e.